The van der Waals surface area contributed by atoms with Gasteiger partial charge < -0.3 is 14.7 Å². The molecule has 1 heterocycles. The molecule has 0 radical (unpaired) electrons. The normalized spacial score (nSPS) is 17.1. The molecule has 4 rings (SSSR count). The molecular formula is C26H22N2O6. The van der Waals surface area contributed by atoms with E-state index in [-0.39, 0.29) is 29.1 Å². The molecular weight excluding hydrogens is 436 g/mol. The number of amides is 1. The number of hydrogen-bond acceptors (Lipinski definition) is 6. The van der Waals surface area contributed by atoms with Gasteiger partial charge in [0, 0.05) is 24.2 Å². The first kappa shape index (κ1) is 22.7. The van der Waals surface area contributed by atoms with Gasteiger partial charge in [-0.15, -0.1) is 0 Å². The molecule has 3 aromatic carbocycles. The Hall–Kier alpha value is -4.46. The number of non-ortho nitro benzene ring substituents is 1. The fourth-order valence-electron chi connectivity index (χ4n) is 4.05. The molecule has 1 amide bonds. The number of benzene rings is 3. The molecule has 172 valence electrons. The molecule has 0 aromatic heterocycles. The maximum atomic E-state index is 13.1. The van der Waals surface area contributed by atoms with Crippen molar-refractivity contribution in [3.8, 4) is 5.75 Å². The van der Waals surface area contributed by atoms with E-state index in [9.17, 15) is 24.8 Å². The Morgan fingerprint density at radius 3 is 2.32 bits per heavy atom. The number of hydrogen-bond donors (Lipinski definition) is 1. The molecule has 0 spiro atoms. The molecule has 1 aliphatic rings. The number of nitro groups is 1. The third-order valence-corrected chi connectivity index (χ3v) is 5.76. The number of ether oxygens (including phenoxy) is 1. The Kier molecular flexibility index (Phi) is 6.14. The number of aryl methyl sites for hydroxylation is 1. The molecule has 0 saturated carbocycles. The predicted octanol–water partition coefficient (Wildman–Crippen LogP) is 4.53. The van der Waals surface area contributed by atoms with E-state index in [1.807, 2.05) is 37.3 Å². The lowest BCUT2D eigenvalue weighted by molar-refractivity contribution is -0.384. The van der Waals surface area contributed by atoms with E-state index in [2.05, 4.69) is 0 Å². The van der Waals surface area contributed by atoms with Crippen molar-refractivity contribution in [2.45, 2.75) is 19.5 Å². The summed E-state index contributed by atoms with van der Waals surface area (Å²) in [5.74, 6) is -1.25. The third kappa shape index (κ3) is 4.25. The first-order chi connectivity index (χ1) is 16.3. The number of ketones is 1. The lowest BCUT2D eigenvalue weighted by Gasteiger charge is -2.26. The van der Waals surface area contributed by atoms with Crippen molar-refractivity contribution in [2.75, 3.05) is 7.11 Å². The lowest BCUT2D eigenvalue weighted by atomic mass is 9.94. The van der Waals surface area contributed by atoms with Crippen LogP contribution >= 0.6 is 0 Å². The number of rotatable bonds is 6. The van der Waals surface area contributed by atoms with E-state index in [0.717, 1.165) is 11.1 Å². The van der Waals surface area contributed by atoms with E-state index >= 15 is 0 Å². The Bertz CT molecular complexity index is 1300. The zero-order valence-electron chi connectivity index (χ0n) is 18.6. The summed E-state index contributed by atoms with van der Waals surface area (Å²) < 4.78 is 5.18. The molecule has 34 heavy (non-hydrogen) atoms. The molecule has 0 bridgehead atoms. The Labute approximate surface area is 195 Å². The Balaban J connectivity index is 1.82. The van der Waals surface area contributed by atoms with E-state index < -0.39 is 22.7 Å². The second-order valence-electron chi connectivity index (χ2n) is 7.99. The molecule has 3 aromatic rings. The molecule has 1 N–H and O–H groups in total. The quantitative estimate of drug-likeness (QED) is 0.191. The van der Waals surface area contributed by atoms with Crippen molar-refractivity contribution in [2.24, 2.45) is 0 Å². The van der Waals surface area contributed by atoms with Crippen molar-refractivity contribution in [3.05, 3.63) is 111 Å². The van der Waals surface area contributed by atoms with Crippen LogP contribution in [-0.2, 0) is 16.1 Å². The summed E-state index contributed by atoms with van der Waals surface area (Å²) in [5, 5.41) is 22.1. The van der Waals surface area contributed by atoms with Gasteiger partial charge in [0.2, 0.25) is 0 Å². The van der Waals surface area contributed by atoms with Crippen molar-refractivity contribution < 1.29 is 24.4 Å². The SMILES string of the molecule is COc1ccc(CN2C(=O)C(=O)/C(=C(\O)c3ccc([N+](=O)[O-])cc3)C2c2cccc(C)c2)cc1. The second-order valence-corrected chi connectivity index (χ2v) is 7.99. The summed E-state index contributed by atoms with van der Waals surface area (Å²) in [5.41, 5.74) is 2.41. The first-order valence-electron chi connectivity index (χ1n) is 10.5. The number of aliphatic hydroxyl groups is 1. The van der Waals surface area contributed by atoms with Gasteiger partial charge in [-0.2, -0.15) is 0 Å². The second kappa shape index (κ2) is 9.19. The van der Waals surface area contributed by atoms with E-state index in [1.165, 1.54) is 29.2 Å². The number of carbonyl (C=O) groups excluding carboxylic acids is 2. The number of nitro benzene ring substituents is 1. The summed E-state index contributed by atoms with van der Waals surface area (Å²) in [4.78, 5) is 38.1. The van der Waals surface area contributed by atoms with Crippen LogP contribution in [0.2, 0.25) is 0 Å². The van der Waals surface area contributed by atoms with Gasteiger partial charge in [-0.05, 0) is 42.3 Å². The summed E-state index contributed by atoms with van der Waals surface area (Å²) in [7, 11) is 1.56. The number of Topliss-reactive ketones (excluding diaryl/α,β-unsaturated/α-hetero) is 1. The molecule has 1 unspecified atom stereocenters. The van der Waals surface area contributed by atoms with Crippen LogP contribution in [0.4, 0.5) is 5.69 Å². The van der Waals surface area contributed by atoms with Crippen LogP contribution in [0.5, 0.6) is 5.75 Å². The standard InChI is InChI=1S/C26H22N2O6/c1-16-4-3-5-19(14-16)23-22(24(29)18-8-10-20(11-9-18)28(32)33)25(30)26(31)27(23)15-17-6-12-21(34-2)13-7-17/h3-14,23,29H,15H2,1-2H3/b24-22-. The largest absolute Gasteiger partial charge is 0.507 e. The van der Waals surface area contributed by atoms with Gasteiger partial charge in [-0.25, -0.2) is 0 Å². The average molecular weight is 458 g/mol. The molecule has 1 fully saturated rings. The van der Waals surface area contributed by atoms with Crippen LogP contribution in [-0.4, -0.2) is 33.7 Å². The summed E-state index contributed by atoms with van der Waals surface area (Å²) in [6.45, 7) is 2.04. The van der Waals surface area contributed by atoms with Crippen molar-refractivity contribution in [3.63, 3.8) is 0 Å². The maximum Gasteiger partial charge on any atom is 0.295 e. The van der Waals surface area contributed by atoms with Gasteiger partial charge >= 0.3 is 0 Å². The molecule has 1 aliphatic heterocycles. The smallest absolute Gasteiger partial charge is 0.295 e. The number of carbonyl (C=O) groups is 2. The van der Waals surface area contributed by atoms with Crippen LogP contribution in [0.1, 0.15) is 28.3 Å². The molecule has 1 saturated heterocycles. The van der Waals surface area contributed by atoms with Gasteiger partial charge in [-0.1, -0.05) is 42.0 Å². The third-order valence-electron chi connectivity index (χ3n) is 5.76. The van der Waals surface area contributed by atoms with E-state index in [0.29, 0.717) is 11.3 Å². The molecule has 0 aliphatic carbocycles. The Morgan fingerprint density at radius 2 is 1.74 bits per heavy atom. The zero-order valence-corrected chi connectivity index (χ0v) is 18.6. The van der Waals surface area contributed by atoms with Crippen molar-refractivity contribution in [1.29, 1.82) is 0 Å². The highest BCUT2D eigenvalue weighted by atomic mass is 16.6. The highest BCUT2D eigenvalue weighted by Gasteiger charge is 2.46. The minimum absolute atomic E-state index is 0.0574. The van der Waals surface area contributed by atoms with E-state index in [4.69, 9.17) is 4.74 Å². The monoisotopic (exact) mass is 458 g/mol. The lowest BCUT2D eigenvalue weighted by Crippen LogP contribution is -2.29. The fraction of sp³-hybridized carbons (Fsp3) is 0.154. The maximum absolute atomic E-state index is 13.1. The van der Waals surface area contributed by atoms with Gasteiger partial charge in [-0.3, -0.25) is 19.7 Å². The molecule has 8 heteroatoms. The molecule has 8 nitrogen and oxygen atoms in total. The Morgan fingerprint density at radius 1 is 1.06 bits per heavy atom. The predicted molar refractivity (Wildman–Crippen MR) is 125 cm³/mol. The van der Waals surface area contributed by atoms with Gasteiger partial charge in [0.05, 0.1) is 23.6 Å². The van der Waals surface area contributed by atoms with Crippen LogP contribution in [0.15, 0.2) is 78.4 Å². The molecule has 1 atom stereocenters. The van der Waals surface area contributed by atoms with E-state index in [1.54, 1.807) is 25.3 Å². The minimum Gasteiger partial charge on any atom is -0.507 e. The van der Waals surface area contributed by atoms with Crippen LogP contribution < -0.4 is 4.74 Å². The number of aliphatic hydroxyl groups excluding tert-OH is 1. The van der Waals surface area contributed by atoms with Crippen LogP contribution in [0.25, 0.3) is 5.76 Å². The van der Waals surface area contributed by atoms with Crippen molar-refractivity contribution in [1.82, 2.24) is 4.90 Å². The van der Waals surface area contributed by atoms with Gasteiger partial charge in [0.1, 0.15) is 11.5 Å². The minimum atomic E-state index is -0.822. The highest BCUT2D eigenvalue weighted by molar-refractivity contribution is 6.46. The highest BCUT2D eigenvalue weighted by Crippen LogP contribution is 2.40. The summed E-state index contributed by atoms with van der Waals surface area (Å²) in [6.07, 6.45) is 0. The number of nitrogens with zero attached hydrogens (tertiary/aromatic N) is 2. The number of likely N-dealkylation sites (tertiary alicyclic amines) is 1. The average Bonchev–Trinajstić information content (AvgIpc) is 3.09. The van der Waals surface area contributed by atoms with Crippen molar-refractivity contribution >= 4 is 23.1 Å². The van der Waals surface area contributed by atoms with Crippen LogP contribution in [0, 0.1) is 17.0 Å². The zero-order chi connectivity index (χ0) is 24.4. The van der Waals surface area contributed by atoms with Gasteiger partial charge in [0.15, 0.2) is 0 Å². The van der Waals surface area contributed by atoms with Gasteiger partial charge in [0.25, 0.3) is 17.4 Å². The summed E-state index contributed by atoms with van der Waals surface area (Å²) >= 11 is 0. The number of methoxy groups -OCH3 is 1. The van der Waals surface area contributed by atoms with Crippen LogP contribution in [0.3, 0.4) is 0 Å². The summed E-state index contributed by atoms with van der Waals surface area (Å²) in [6, 6.07) is 18.9. The topological polar surface area (TPSA) is 110 Å². The fourth-order valence-corrected chi connectivity index (χ4v) is 4.05. The first-order valence-corrected chi connectivity index (χ1v) is 10.5.